The first-order chi connectivity index (χ1) is 7.65. The maximum atomic E-state index is 13.1. The van der Waals surface area contributed by atoms with E-state index in [9.17, 15) is 4.39 Å². The fourth-order valence-electron chi connectivity index (χ4n) is 2.02. The lowest BCUT2D eigenvalue weighted by Gasteiger charge is -2.30. The molecule has 1 saturated heterocycles. The zero-order chi connectivity index (χ0) is 11.5. The molecule has 2 nitrogen and oxygen atoms in total. The largest absolute Gasteiger partial charge is 0.328 e. The Morgan fingerprint density at radius 1 is 1.35 bits per heavy atom. The molecule has 0 spiro atoms. The summed E-state index contributed by atoms with van der Waals surface area (Å²) in [6.07, 6.45) is 2.07. The van der Waals surface area contributed by atoms with Crippen molar-refractivity contribution in [3.63, 3.8) is 0 Å². The molecule has 0 atom stereocenters. The molecule has 1 aliphatic heterocycles. The Bertz CT molecular complexity index is 368. The third-order valence-corrected chi connectivity index (χ3v) is 3.81. The van der Waals surface area contributed by atoms with E-state index < -0.39 is 0 Å². The number of piperidine rings is 1. The van der Waals surface area contributed by atoms with Crippen molar-refractivity contribution in [1.29, 1.82) is 0 Å². The Morgan fingerprint density at radius 3 is 2.65 bits per heavy atom. The smallest absolute Gasteiger partial charge is 0.123 e. The third kappa shape index (κ3) is 4.21. The molecule has 0 amide bonds. The third-order valence-electron chi connectivity index (χ3n) is 3.03. The highest BCUT2D eigenvalue weighted by Crippen LogP contribution is 2.21. The molecular weight excluding hydrogens is 307 g/mol. The first-order valence-electron chi connectivity index (χ1n) is 5.57. The maximum absolute atomic E-state index is 13.1. The standard InChI is InChI=1S/C12H16BrFN2.ClH/c13-12-2-1-10(14)7-9(12)8-16-5-3-11(15)4-6-16;/h1-2,7,11H,3-6,8,15H2;1H. The van der Waals surface area contributed by atoms with Crippen LogP contribution in [0.25, 0.3) is 0 Å². The fraction of sp³-hybridized carbons (Fsp3) is 0.500. The highest BCUT2D eigenvalue weighted by atomic mass is 79.9. The molecule has 2 rings (SSSR count). The van der Waals surface area contributed by atoms with E-state index in [1.165, 1.54) is 6.07 Å². The van der Waals surface area contributed by atoms with Crippen LogP contribution in [0.2, 0.25) is 0 Å². The van der Waals surface area contributed by atoms with E-state index in [1.54, 1.807) is 12.1 Å². The van der Waals surface area contributed by atoms with E-state index in [4.69, 9.17) is 5.73 Å². The normalized spacial score (nSPS) is 17.8. The molecule has 0 aromatic heterocycles. The van der Waals surface area contributed by atoms with Crippen molar-refractivity contribution in [2.75, 3.05) is 13.1 Å². The van der Waals surface area contributed by atoms with E-state index in [0.717, 1.165) is 42.5 Å². The summed E-state index contributed by atoms with van der Waals surface area (Å²) in [5.41, 5.74) is 6.86. The first-order valence-corrected chi connectivity index (χ1v) is 6.36. The van der Waals surface area contributed by atoms with Gasteiger partial charge in [0.05, 0.1) is 0 Å². The SMILES string of the molecule is Cl.NC1CCN(Cc2cc(F)ccc2Br)CC1. The number of nitrogens with zero attached hydrogens (tertiary/aromatic N) is 1. The highest BCUT2D eigenvalue weighted by Gasteiger charge is 2.16. The van der Waals surface area contributed by atoms with Gasteiger partial charge in [-0.3, -0.25) is 4.90 Å². The van der Waals surface area contributed by atoms with E-state index in [-0.39, 0.29) is 18.2 Å². The number of rotatable bonds is 2. The molecule has 0 unspecified atom stereocenters. The molecule has 0 aliphatic carbocycles. The van der Waals surface area contributed by atoms with Crippen LogP contribution in [0.4, 0.5) is 4.39 Å². The predicted molar refractivity (Wildman–Crippen MR) is 73.8 cm³/mol. The average molecular weight is 324 g/mol. The topological polar surface area (TPSA) is 29.3 Å². The second-order valence-corrected chi connectivity index (χ2v) is 5.20. The summed E-state index contributed by atoms with van der Waals surface area (Å²) in [6.45, 7) is 2.80. The molecule has 1 heterocycles. The Morgan fingerprint density at radius 2 is 2.00 bits per heavy atom. The minimum atomic E-state index is -0.174. The van der Waals surface area contributed by atoms with Crippen LogP contribution in [0.5, 0.6) is 0 Å². The van der Waals surface area contributed by atoms with Gasteiger partial charge >= 0.3 is 0 Å². The van der Waals surface area contributed by atoms with Gasteiger partial charge in [0.25, 0.3) is 0 Å². The summed E-state index contributed by atoms with van der Waals surface area (Å²) in [4.78, 5) is 2.32. The van der Waals surface area contributed by atoms with Crippen molar-refractivity contribution < 1.29 is 4.39 Å². The van der Waals surface area contributed by atoms with Crippen molar-refractivity contribution in [3.05, 3.63) is 34.1 Å². The van der Waals surface area contributed by atoms with E-state index in [1.807, 2.05) is 0 Å². The van der Waals surface area contributed by atoms with Crippen molar-refractivity contribution in [3.8, 4) is 0 Å². The molecule has 1 aromatic rings. The quantitative estimate of drug-likeness (QED) is 0.907. The van der Waals surface area contributed by atoms with Gasteiger partial charge in [0.2, 0.25) is 0 Å². The predicted octanol–water partition coefficient (Wildman–Crippen LogP) is 2.93. The minimum absolute atomic E-state index is 0. The summed E-state index contributed by atoms with van der Waals surface area (Å²) >= 11 is 3.45. The number of likely N-dealkylation sites (tertiary alicyclic amines) is 1. The zero-order valence-electron chi connectivity index (χ0n) is 9.53. The van der Waals surface area contributed by atoms with E-state index in [2.05, 4.69) is 20.8 Å². The van der Waals surface area contributed by atoms with Gasteiger partial charge in [0, 0.05) is 17.1 Å². The number of halogens is 3. The van der Waals surface area contributed by atoms with Crippen LogP contribution in [0.1, 0.15) is 18.4 Å². The number of benzene rings is 1. The van der Waals surface area contributed by atoms with Crippen LogP contribution in [0, 0.1) is 5.82 Å². The summed E-state index contributed by atoms with van der Waals surface area (Å²) in [7, 11) is 0. The maximum Gasteiger partial charge on any atom is 0.123 e. The van der Waals surface area contributed by atoms with Crippen molar-refractivity contribution in [2.45, 2.75) is 25.4 Å². The molecule has 1 aliphatic rings. The lowest BCUT2D eigenvalue weighted by atomic mass is 10.1. The van der Waals surface area contributed by atoms with Gasteiger partial charge in [0.1, 0.15) is 5.82 Å². The lowest BCUT2D eigenvalue weighted by molar-refractivity contribution is 0.205. The molecule has 1 fully saturated rings. The summed E-state index contributed by atoms with van der Waals surface area (Å²) in [6, 6.07) is 5.17. The van der Waals surface area contributed by atoms with Gasteiger partial charge < -0.3 is 5.73 Å². The molecule has 1 aromatic carbocycles. The van der Waals surface area contributed by atoms with Crippen LogP contribution < -0.4 is 5.73 Å². The van der Waals surface area contributed by atoms with Gasteiger partial charge in [-0.1, -0.05) is 15.9 Å². The monoisotopic (exact) mass is 322 g/mol. The lowest BCUT2D eigenvalue weighted by Crippen LogP contribution is -2.39. The van der Waals surface area contributed by atoms with E-state index >= 15 is 0 Å². The molecule has 2 N–H and O–H groups in total. The summed E-state index contributed by atoms with van der Waals surface area (Å²) < 4.78 is 14.1. The molecule has 0 saturated carbocycles. The number of nitrogens with two attached hydrogens (primary N) is 1. The molecule has 17 heavy (non-hydrogen) atoms. The Labute approximate surface area is 116 Å². The van der Waals surface area contributed by atoms with Crippen LogP contribution in [-0.4, -0.2) is 24.0 Å². The second-order valence-electron chi connectivity index (χ2n) is 4.35. The van der Waals surface area contributed by atoms with Crippen LogP contribution in [-0.2, 0) is 6.54 Å². The van der Waals surface area contributed by atoms with Crippen molar-refractivity contribution in [2.24, 2.45) is 5.73 Å². The van der Waals surface area contributed by atoms with Crippen molar-refractivity contribution in [1.82, 2.24) is 4.90 Å². The Kier molecular flexibility index (Phi) is 5.86. The number of hydrogen-bond donors (Lipinski definition) is 1. The Balaban J connectivity index is 0.00000144. The molecule has 0 radical (unpaired) electrons. The molecule has 5 heteroatoms. The van der Waals surface area contributed by atoms with E-state index in [0.29, 0.717) is 6.04 Å². The van der Waals surface area contributed by atoms with Crippen LogP contribution in [0.3, 0.4) is 0 Å². The summed E-state index contributed by atoms with van der Waals surface area (Å²) in [5.74, 6) is -0.174. The average Bonchev–Trinajstić information content (AvgIpc) is 2.27. The fourth-order valence-corrected chi connectivity index (χ4v) is 2.39. The van der Waals surface area contributed by atoms with Crippen LogP contribution >= 0.6 is 28.3 Å². The highest BCUT2D eigenvalue weighted by molar-refractivity contribution is 9.10. The van der Waals surface area contributed by atoms with Gasteiger partial charge in [-0.05, 0) is 49.7 Å². The van der Waals surface area contributed by atoms with Gasteiger partial charge in [-0.15, -0.1) is 12.4 Å². The van der Waals surface area contributed by atoms with Gasteiger partial charge in [0.15, 0.2) is 0 Å². The second kappa shape index (κ2) is 6.69. The van der Waals surface area contributed by atoms with Gasteiger partial charge in [-0.25, -0.2) is 4.39 Å². The van der Waals surface area contributed by atoms with Crippen molar-refractivity contribution >= 4 is 28.3 Å². The Hall–Kier alpha value is -0.160. The molecule has 96 valence electrons. The molecule has 0 bridgehead atoms. The minimum Gasteiger partial charge on any atom is -0.328 e. The summed E-state index contributed by atoms with van der Waals surface area (Å²) in [5, 5.41) is 0. The first kappa shape index (κ1) is 14.9. The molecular formula is C12H17BrClFN2. The van der Waals surface area contributed by atoms with Gasteiger partial charge in [-0.2, -0.15) is 0 Å². The van der Waals surface area contributed by atoms with Crippen LogP contribution in [0.15, 0.2) is 22.7 Å². The zero-order valence-corrected chi connectivity index (χ0v) is 11.9. The number of hydrogen-bond acceptors (Lipinski definition) is 2.